The molecule has 0 aromatic rings. The van der Waals surface area contributed by atoms with Gasteiger partial charge in [-0.05, 0) is 6.92 Å². The number of alkyl halides is 3. The Morgan fingerprint density at radius 1 is 1.67 bits per heavy atom. The van der Waals surface area contributed by atoms with Crippen molar-refractivity contribution in [2.45, 2.75) is 18.4 Å². The smallest absolute Gasteiger partial charge is 0.319 e. The first kappa shape index (κ1) is 12.2. The molecule has 3 nitrogen and oxygen atoms in total. The van der Waals surface area contributed by atoms with Gasteiger partial charge in [0.2, 0.25) is 5.52 Å². The van der Waals surface area contributed by atoms with Crippen molar-refractivity contribution in [3.63, 3.8) is 0 Å². The van der Waals surface area contributed by atoms with Crippen LogP contribution in [-0.2, 0) is 13.9 Å². The first-order valence-electron chi connectivity index (χ1n) is 3.08. The van der Waals surface area contributed by atoms with E-state index in [4.69, 9.17) is 0 Å². The van der Waals surface area contributed by atoms with E-state index in [1.54, 1.807) is 0 Å². The van der Waals surface area contributed by atoms with Crippen LogP contribution in [0.15, 0.2) is 0 Å². The molecule has 1 atom stereocenters. The molecule has 0 rings (SSSR count). The molecule has 0 spiro atoms. The van der Waals surface area contributed by atoms with E-state index >= 15 is 0 Å². The van der Waals surface area contributed by atoms with Crippen LogP contribution in [0.5, 0.6) is 0 Å². The van der Waals surface area contributed by atoms with Gasteiger partial charge in [0.05, 0.1) is 6.61 Å². The van der Waals surface area contributed by atoms with E-state index in [1.165, 1.54) is 6.92 Å². The molecule has 0 amide bonds. The Labute approximate surface area is 77.0 Å². The Morgan fingerprint density at radius 3 is 2.17 bits per heavy atom. The zero-order valence-corrected chi connectivity index (χ0v) is 8.99. The summed E-state index contributed by atoms with van der Waals surface area (Å²) in [6, 6.07) is 0. The summed E-state index contributed by atoms with van der Waals surface area (Å²) in [5.41, 5.74) is -1.15. The molecule has 72 valence electrons. The molecule has 0 saturated heterocycles. The number of halogens is 3. The lowest BCUT2D eigenvalue weighted by Gasteiger charge is -2.18. The zero-order chi connectivity index (χ0) is 9.99. The van der Waals surface area contributed by atoms with Crippen molar-refractivity contribution >= 4 is 28.8 Å². The fourth-order valence-electron chi connectivity index (χ4n) is 0.524. The van der Waals surface area contributed by atoms with Crippen LogP contribution in [0.2, 0.25) is 0 Å². The van der Waals surface area contributed by atoms with Crippen molar-refractivity contribution < 1.29 is 22.7 Å². The maximum atomic E-state index is 12.5. The molecule has 7 heteroatoms. The molecule has 0 aliphatic rings. The number of carbonyl (C=O) groups is 1. The van der Waals surface area contributed by atoms with E-state index in [9.17, 15) is 18.1 Å². The SMILES string of the molecule is CCOP(=O)(C(C)=O)C(F)(F)Br. The first-order chi connectivity index (χ1) is 5.25. The molecule has 0 aromatic carbocycles. The topological polar surface area (TPSA) is 43.4 Å². The Bertz CT molecular complexity index is 225. The molecule has 0 bridgehead atoms. The van der Waals surface area contributed by atoms with Gasteiger partial charge in [0.25, 0.3) is 0 Å². The van der Waals surface area contributed by atoms with E-state index < -0.39 is 17.5 Å². The number of hydrogen-bond donors (Lipinski definition) is 0. The second-order valence-electron chi connectivity index (χ2n) is 1.96. The van der Waals surface area contributed by atoms with Gasteiger partial charge in [0, 0.05) is 22.9 Å². The van der Waals surface area contributed by atoms with Crippen LogP contribution in [0.1, 0.15) is 13.8 Å². The van der Waals surface area contributed by atoms with Crippen molar-refractivity contribution in [2.24, 2.45) is 0 Å². The molecule has 12 heavy (non-hydrogen) atoms. The third-order valence-corrected chi connectivity index (χ3v) is 4.58. The minimum atomic E-state index is -4.53. The highest BCUT2D eigenvalue weighted by Gasteiger charge is 2.53. The summed E-state index contributed by atoms with van der Waals surface area (Å²) in [6.45, 7) is 2.00. The molecule has 1 unspecified atom stereocenters. The summed E-state index contributed by atoms with van der Waals surface area (Å²) in [7, 11) is -4.53. The third kappa shape index (κ3) is 2.34. The van der Waals surface area contributed by atoms with Gasteiger partial charge in [-0.2, -0.15) is 8.78 Å². The van der Waals surface area contributed by atoms with Gasteiger partial charge in [0.1, 0.15) is 0 Å². The number of rotatable bonds is 4. The number of carbonyl (C=O) groups excluding carboxylic acids is 1. The largest absolute Gasteiger partial charge is 0.381 e. The predicted molar refractivity (Wildman–Crippen MR) is 43.8 cm³/mol. The molecule has 0 N–H and O–H groups in total. The Morgan fingerprint density at radius 2 is 2.08 bits per heavy atom. The third-order valence-electron chi connectivity index (χ3n) is 1.06. The van der Waals surface area contributed by atoms with Crippen LogP contribution in [0.4, 0.5) is 8.78 Å². The molecule has 0 radical (unpaired) electrons. The van der Waals surface area contributed by atoms with Gasteiger partial charge < -0.3 is 4.52 Å². The van der Waals surface area contributed by atoms with Gasteiger partial charge in [-0.25, -0.2) is 0 Å². The lowest BCUT2D eigenvalue weighted by atomic mass is 10.9. The van der Waals surface area contributed by atoms with Crippen molar-refractivity contribution in [3.05, 3.63) is 0 Å². The van der Waals surface area contributed by atoms with Crippen molar-refractivity contribution in [3.8, 4) is 0 Å². The van der Waals surface area contributed by atoms with E-state index in [0.29, 0.717) is 0 Å². The van der Waals surface area contributed by atoms with Crippen molar-refractivity contribution in [2.75, 3.05) is 6.61 Å². The van der Waals surface area contributed by atoms with E-state index in [1.807, 2.05) is 15.9 Å². The molecular weight excluding hydrogens is 257 g/mol. The molecular formula is C5H8BrF2O3P. The summed E-state index contributed by atoms with van der Waals surface area (Å²) < 4.78 is 36.7. The van der Waals surface area contributed by atoms with Gasteiger partial charge in [-0.15, -0.1) is 0 Å². The monoisotopic (exact) mass is 264 g/mol. The van der Waals surface area contributed by atoms with Crippen LogP contribution in [-0.4, -0.2) is 16.7 Å². The molecule has 0 fully saturated rings. The van der Waals surface area contributed by atoms with Crippen LogP contribution in [0.3, 0.4) is 0 Å². The van der Waals surface area contributed by atoms with Gasteiger partial charge in [-0.3, -0.25) is 9.36 Å². The summed E-state index contributed by atoms with van der Waals surface area (Å²) in [5, 5.41) is 0. The fourth-order valence-corrected chi connectivity index (χ4v) is 2.63. The maximum absolute atomic E-state index is 12.5. The van der Waals surface area contributed by atoms with Gasteiger partial charge in [0.15, 0.2) is 0 Å². The molecule has 0 saturated carbocycles. The standard InChI is InChI=1S/C5H8BrF2O3P/c1-3-11-12(10,4(2)9)5(6,7)8/h3H2,1-2H3. The maximum Gasteiger partial charge on any atom is 0.381 e. The Hall–Kier alpha value is 0.200. The Balaban J connectivity index is 4.89. The van der Waals surface area contributed by atoms with E-state index in [0.717, 1.165) is 6.92 Å². The Kier molecular flexibility index (Phi) is 4.00. The zero-order valence-electron chi connectivity index (χ0n) is 6.51. The van der Waals surface area contributed by atoms with Crippen LogP contribution in [0.25, 0.3) is 0 Å². The van der Waals surface area contributed by atoms with E-state index in [2.05, 4.69) is 4.52 Å². The quantitative estimate of drug-likeness (QED) is 0.579. The highest BCUT2D eigenvalue weighted by atomic mass is 79.9. The highest BCUT2D eigenvalue weighted by Crippen LogP contribution is 2.64. The lowest BCUT2D eigenvalue weighted by molar-refractivity contribution is -0.111. The molecule has 0 aromatic heterocycles. The van der Waals surface area contributed by atoms with Gasteiger partial charge >= 0.3 is 11.9 Å². The summed E-state index contributed by atoms with van der Waals surface area (Å²) in [5.74, 6) is 0. The van der Waals surface area contributed by atoms with Gasteiger partial charge in [-0.1, -0.05) is 0 Å². The first-order valence-corrected chi connectivity index (χ1v) is 5.50. The second-order valence-corrected chi connectivity index (χ2v) is 6.12. The highest BCUT2D eigenvalue weighted by molar-refractivity contribution is 9.11. The average molecular weight is 265 g/mol. The minimum Gasteiger partial charge on any atom is -0.319 e. The summed E-state index contributed by atoms with van der Waals surface area (Å²) >= 11 is 1.86. The minimum absolute atomic E-state index is 0.196. The molecule has 0 aliphatic heterocycles. The summed E-state index contributed by atoms with van der Waals surface area (Å²) in [6.07, 6.45) is 0. The average Bonchev–Trinajstić information content (AvgIpc) is 1.85. The second kappa shape index (κ2) is 3.94. The van der Waals surface area contributed by atoms with Crippen LogP contribution < -0.4 is 0 Å². The normalized spacial score (nSPS) is 17.1. The fraction of sp³-hybridized carbons (Fsp3) is 0.800. The van der Waals surface area contributed by atoms with E-state index in [-0.39, 0.29) is 6.61 Å². The predicted octanol–water partition coefficient (Wildman–Crippen LogP) is 2.79. The lowest BCUT2D eigenvalue weighted by Crippen LogP contribution is -2.15. The van der Waals surface area contributed by atoms with Crippen LogP contribution in [0, 0.1) is 0 Å². The molecule has 0 heterocycles. The number of hydrogen-bond acceptors (Lipinski definition) is 3. The van der Waals surface area contributed by atoms with Crippen molar-refractivity contribution in [1.82, 2.24) is 0 Å². The van der Waals surface area contributed by atoms with Crippen molar-refractivity contribution in [1.29, 1.82) is 0 Å². The van der Waals surface area contributed by atoms with Crippen LogP contribution >= 0.6 is 23.3 Å². The molecule has 0 aliphatic carbocycles. The summed E-state index contributed by atoms with van der Waals surface area (Å²) in [4.78, 5) is 10.6.